The largest absolute Gasteiger partial charge is 0.360 e. The molecule has 0 spiro atoms. The van der Waals surface area contributed by atoms with Crippen LogP contribution in [-0.2, 0) is 6.54 Å². The van der Waals surface area contributed by atoms with Crippen LogP contribution in [0.1, 0.15) is 12.0 Å². The molecule has 0 bridgehead atoms. The van der Waals surface area contributed by atoms with Gasteiger partial charge in [-0.15, -0.1) is 0 Å². The molecule has 25 heavy (non-hydrogen) atoms. The second-order valence-corrected chi connectivity index (χ2v) is 5.67. The Labute approximate surface area is 144 Å². The van der Waals surface area contributed by atoms with Crippen LogP contribution in [0.5, 0.6) is 0 Å². The van der Waals surface area contributed by atoms with Crippen molar-refractivity contribution in [1.82, 2.24) is 14.5 Å². The third-order valence-electron chi connectivity index (χ3n) is 3.97. The highest BCUT2D eigenvalue weighted by molar-refractivity contribution is 5.88. The van der Waals surface area contributed by atoms with Crippen molar-refractivity contribution < 1.29 is 4.92 Å². The fourth-order valence-corrected chi connectivity index (χ4v) is 2.63. The molecule has 3 rings (SSSR count). The molecule has 0 N–H and O–H groups in total. The third-order valence-corrected chi connectivity index (χ3v) is 3.97. The molecule has 2 aromatic heterocycles. The maximum absolute atomic E-state index is 10.9. The smallest absolute Gasteiger partial charge is 0.270 e. The molecular formula is C17H16N6O2. The molecule has 0 amide bonds. The minimum absolute atomic E-state index is 0.0489. The molecule has 0 saturated heterocycles. The van der Waals surface area contributed by atoms with Crippen LogP contribution in [0.2, 0.25) is 0 Å². The van der Waals surface area contributed by atoms with E-state index in [1.807, 2.05) is 22.7 Å². The first-order valence-electron chi connectivity index (χ1n) is 7.74. The van der Waals surface area contributed by atoms with E-state index in [4.69, 9.17) is 0 Å². The van der Waals surface area contributed by atoms with Crippen LogP contribution in [0.15, 0.2) is 43.0 Å². The van der Waals surface area contributed by atoms with Crippen LogP contribution in [0.3, 0.4) is 0 Å². The predicted octanol–water partition coefficient (Wildman–Crippen LogP) is 2.74. The molecule has 2 heterocycles. The minimum atomic E-state index is -0.475. The van der Waals surface area contributed by atoms with E-state index < -0.39 is 4.92 Å². The Hall–Kier alpha value is -3.47. The maximum atomic E-state index is 10.9. The number of hydrogen-bond donors (Lipinski definition) is 0. The third kappa shape index (κ3) is 3.55. The van der Waals surface area contributed by atoms with Crippen molar-refractivity contribution in [2.24, 2.45) is 0 Å². The van der Waals surface area contributed by atoms with Crippen molar-refractivity contribution in [1.29, 1.82) is 5.26 Å². The van der Waals surface area contributed by atoms with Crippen molar-refractivity contribution in [3.63, 3.8) is 0 Å². The number of hydrogen-bond acceptors (Lipinski definition) is 6. The van der Waals surface area contributed by atoms with Crippen molar-refractivity contribution in [3.8, 4) is 6.07 Å². The Balaban J connectivity index is 1.82. The van der Waals surface area contributed by atoms with E-state index in [1.165, 1.54) is 12.1 Å². The number of pyridine rings is 1. The van der Waals surface area contributed by atoms with Crippen LogP contribution >= 0.6 is 0 Å². The molecule has 1 aromatic carbocycles. The number of imidazole rings is 1. The van der Waals surface area contributed by atoms with Gasteiger partial charge in [-0.1, -0.05) is 0 Å². The van der Waals surface area contributed by atoms with Crippen LogP contribution < -0.4 is 4.90 Å². The number of nitro groups is 1. The van der Waals surface area contributed by atoms with E-state index in [9.17, 15) is 15.4 Å². The van der Waals surface area contributed by atoms with Gasteiger partial charge < -0.3 is 9.47 Å². The van der Waals surface area contributed by atoms with E-state index in [0.717, 1.165) is 19.5 Å². The van der Waals surface area contributed by atoms with Gasteiger partial charge in [-0.25, -0.2) is 9.97 Å². The zero-order valence-electron chi connectivity index (χ0n) is 13.7. The van der Waals surface area contributed by atoms with Gasteiger partial charge in [-0.2, -0.15) is 5.26 Å². The lowest BCUT2D eigenvalue weighted by atomic mass is 10.1. The summed E-state index contributed by atoms with van der Waals surface area (Å²) >= 11 is 0. The van der Waals surface area contributed by atoms with Gasteiger partial charge in [0.05, 0.1) is 28.4 Å². The van der Waals surface area contributed by atoms with Gasteiger partial charge in [0.15, 0.2) is 0 Å². The normalized spacial score (nSPS) is 10.6. The van der Waals surface area contributed by atoms with E-state index in [2.05, 4.69) is 16.0 Å². The van der Waals surface area contributed by atoms with Gasteiger partial charge in [0.25, 0.3) is 5.69 Å². The van der Waals surface area contributed by atoms with Gasteiger partial charge in [-0.3, -0.25) is 10.1 Å². The predicted molar refractivity (Wildman–Crippen MR) is 93.2 cm³/mol. The highest BCUT2D eigenvalue weighted by Gasteiger charge is 2.13. The average Bonchev–Trinajstić information content (AvgIpc) is 3.13. The lowest BCUT2D eigenvalue weighted by molar-refractivity contribution is -0.384. The first-order valence-corrected chi connectivity index (χ1v) is 7.74. The first kappa shape index (κ1) is 16.4. The molecule has 0 aliphatic rings. The van der Waals surface area contributed by atoms with Gasteiger partial charge in [0.1, 0.15) is 5.82 Å². The molecule has 0 fully saturated rings. The monoisotopic (exact) mass is 336 g/mol. The Bertz CT molecular complexity index is 946. The number of benzene rings is 1. The zero-order valence-corrected chi connectivity index (χ0v) is 13.7. The van der Waals surface area contributed by atoms with Crippen molar-refractivity contribution in [2.45, 2.75) is 13.0 Å². The molecule has 8 heteroatoms. The number of fused-ring (bicyclic) bond motifs is 1. The quantitative estimate of drug-likeness (QED) is 0.507. The van der Waals surface area contributed by atoms with Crippen molar-refractivity contribution >= 4 is 22.4 Å². The minimum Gasteiger partial charge on any atom is -0.360 e. The van der Waals surface area contributed by atoms with Crippen LogP contribution in [0, 0.1) is 21.4 Å². The molecule has 0 atom stereocenters. The van der Waals surface area contributed by atoms with Crippen molar-refractivity contribution in [2.75, 3.05) is 18.5 Å². The standard InChI is InChI=1S/C17H16N6O2/c1-21(6-2-7-22-8-5-19-12-22)17-9-13(11-18)15-10-14(23(24)25)3-4-16(15)20-17/h3-5,8-10,12H,2,6-7H2,1H3. The summed E-state index contributed by atoms with van der Waals surface area (Å²) in [6.07, 6.45) is 6.33. The van der Waals surface area contributed by atoms with Crippen molar-refractivity contribution in [3.05, 3.63) is 58.7 Å². The number of non-ortho nitro benzene ring substituents is 1. The molecule has 8 nitrogen and oxygen atoms in total. The van der Waals surface area contributed by atoms with E-state index in [1.54, 1.807) is 24.7 Å². The van der Waals surface area contributed by atoms with E-state index >= 15 is 0 Å². The second-order valence-electron chi connectivity index (χ2n) is 5.67. The summed E-state index contributed by atoms with van der Waals surface area (Å²) in [5.74, 6) is 0.670. The molecule has 126 valence electrons. The Morgan fingerprint density at radius 3 is 2.92 bits per heavy atom. The van der Waals surface area contributed by atoms with Crippen LogP contribution in [0.25, 0.3) is 10.9 Å². The van der Waals surface area contributed by atoms with Gasteiger partial charge >= 0.3 is 0 Å². The summed E-state index contributed by atoms with van der Waals surface area (Å²) in [5.41, 5.74) is 0.901. The number of aryl methyl sites for hydroxylation is 1. The fourth-order valence-electron chi connectivity index (χ4n) is 2.63. The Kier molecular flexibility index (Phi) is 4.57. The number of nitrogens with zero attached hydrogens (tertiary/aromatic N) is 6. The number of aromatic nitrogens is 3. The summed E-state index contributed by atoms with van der Waals surface area (Å²) in [7, 11) is 1.91. The highest BCUT2D eigenvalue weighted by atomic mass is 16.6. The Morgan fingerprint density at radius 1 is 1.40 bits per heavy atom. The molecule has 3 aromatic rings. The average molecular weight is 336 g/mol. The Morgan fingerprint density at radius 2 is 2.24 bits per heavy atom. The molecule has 0 radical (unpaired) electrons. The number of nitro benzene ring substituents is 1. The lowest BCUT2D eigenvalue weighted by Crippen LogP contribution is -2.21. The number of nitriles is 1. The summed E-state index contributed by atoms with van der Waals surface area (Å²) in [4.78, 5) is 21.0. The number of anilines is 1. The second kappa shape index (κ2) is 6.97. The van der Waals surface area contributed by atoms with Crippen LogP contribution in [0.4, 0.5) is 11.5 Å². The topological polar surface area (TPSA) is 101 Å². The zero-order chi connectivity index (χ0) is 17.8. The molecular weight excluding hydrogens is 320 g/mol. The summed E-state index contributed by atoms with van der Waals surface area (Å²) in [6.45, 7) is 1.60. The van der Waals surface area contributed by atoms with Gasteiger partial charge in [-0.05, 0) is 18.6 Å². The van der Waals surface area contributed by atoms with E-state index in [0.29, 0.717) is 22.3 Å². The lowest BCUT2D eigenvalue weighted by Gasteiger charge is -2.19. The number of rotatable bonds is 6. The van der Waals surface area contributed by atoms with Gasteiger partial charge in [0, 0.05) is 50.0 Å². The van der Waals surface area contributed by atoms with Gasteiger partial charge in [0.2, 0.25) is 0 Å². The molecule has 0 saturated carbocycles. The van der Waals surface area contributed by atoms with E-state index in [-0.39, 0.29) is 5.69 Å². The summed E-state index contributed by atoms with van der Waals surface area (Å²) in [5, 5.41) is 20.8. The highest BCUT2D eigenvalue weighted by Crippen LogP contribution is 2.26. The summed E-state index contributed by atoms with van der Waals surface area (Å²) < 4.78 is 2.00. The van der Waals surface area contributed by atoms with Crippen LogP contribution in [-0.4, -0.2) is 33.1 Å². The molecule has 0 unspecified atom stereocenters. The maximum Gasteiger partial charge on any atom is 0.270 e. The fraction of sp³-hybridized carbons (Fsp3) is 0.235. The molecule has 0 aliphatic heterocycles. The summed E-state index contributed by atoms with van der Waals surface area (Å²) in [6, 6.07) is 8.15. The first-order chi connectivity index (χ1) is 12.1. The SMILES string of the molecule is CN(CCCn1ccnc1)c1cc(C#N)c2cc([N+](=O)[O-])ccc2n1. The molecule has 0 aliphatic carbocycles.